The molecule has 2 aliphatic rings. The Morgan fingerprint density at radius 1 is 1.20 bits per heavy atom. The first-order chi connectivity index (χ1) is 11.6. The monoisotopic (exact) mass is 365 g/mol. The summed E-state index contributed by atoms with van der Waals surface area (Å²) in [6.07, 6.45) is 5.66. The van der Waals surface area contributed by atoms with Gasteiger partial charge >= 0.3 is 0 Å². The number of carbonyl (C=O) groups is 2. The number of likely N-dealkylation sites (tertiary alicyclic amines) is 1. The molecular formula is C19H28ClN3O2. The van der Waals surface area contributed by atoms with Crippen LogP contribution in [0.15, 0.2) is 18.2 Å². The highest BCUT2D eigenvalue weighted by Crippen LogP contribution is 2.28. The molecule has 0 aromatic heterocycles. The predicted molar refractivity (Wildman–Crippen MR) is 102 cm³/mol. The van der Waals surface area contributed by atoms with Gasteiger partial charge in [0.2, 0.25) is 5.91 Å². The van der Waals surface area contributed by atoms with Crippen molar-refractivity contribution < 1.29 is 9.59 Å². The predicted octanol–water partition coefficient (Wildman–Crippen LogP) is 3.11. The molecule has 3 N–H and O–H groups in total. The molecule has 0 radical (unpaired) electrons. The van der Waals surface area contributed by atoms with Gasteiger partial charge in [0, 0.05) is 25.6 Å². The Morgan fingerprint density at radius 3 is 2.56 bits per heavy atom. The highest BCUT2D eigenvalue weighted by atomic mass is 35.5. The van der Waals surface area contributed by atoms with Crippen LogP contribution in [0, 0.1) is 12.8 Å². The summed E-state index contributed by atoms with van der Waals surface area (Å²) in [6, 6.07) is 5.75. The maximum Gasteiger partial charge on any atom is 0.256 e. The van der Waals surface area contributed by atoms with Crippen LogP contribution in [-0.2, 0) is 4.79 Å². The lowest BCUT2D eigenvalue weighted by Gasteiger charge is -2.20. The topological polar surface area (TPSA) is 75.4 Å². The summed E-state index contributed by atoms with van der Waals surface area (Å²) < 4.78 is 0. The molecule has 1 aromatic rings. The van der Waals surface area contributed by atoms with E-state index in [-0.39, 0.29) is 36.2 Å². The average Bonchev–Trinajstić information content (AvgIpc) is 3.19. The molecule has 1 aromatic carbocycles. The second-order valence-corrected chi connectivity index (χ2v) is 7.10. The molecule has 5 nitrogen and oxygen atoms in total. The summed E-state index contributed by atoms with van der Waals surface area (Å²) in [7, 11) is 0. The van der Waals surface area contributed by atoms with E-state index in [1.165, 1.54) is 0 Å². The summed E-state index contributed by atoms with van der Waals surface area (Å²) in [5.41, 5.74) is 8.23. The number of nitrogens with one attached hydrogen (secondary N) is 1. The Hall–Kier alpha value is -1.59. The molecule has 1 aliphatic carbocycles. The normalized spacial score (nSPS) is 22.6. The smallest absolute Gasteiger partial charge is 0.256 e. The van der Waals surface area contributed by atoms with E-state index in [2.05, 4.69) is 5.32 Å². The van der Waals surface area contributed by atoms with Crippen LogP contribution in [0.25, 0.3) is 0 Å². The van der Waals surface area contributed by atoms with Gasteiger partial charge in [0.1, 0.15) is 0 Å². The van der Waals surface area contributed by atoms with Gasteiger partial charge in [-0.25, -0.2) is 0 Å². The quantitative estimate of drug-likeness (QED) is 0.860. The SMILES string of the molecule is Cc1cccc(NC(=O)C[C@@H]2CCC[C@H]2N)c1C(=O)N1CCCC1.Cl. The third-order valence-electron chi connectivity index (χ3n) is 5.32. The number of nitrogens with zero attached hydrogens (tertiary/aromatic N) is 1. The van der Waals surface area contributed by atoms with E-state index < -0.39 is 0 Å². The average molecular weight is 366 g/mol. The van der Waals surface area contributed by atoms with Crippen LogP contribution in [0.2, 0.25) is 0 Å². The van der Waals surface area contributed by atoms with Crippen molar-refractivity contribution in [1.29, 1.82) is 0 Å². The van der Waals surface area contributed by atoms with Crippen LogP contribution >= 0.6 is 12.4 Å². The van der Waals surface area contributed by atoms with Gasteiger partial charge in [-0.2, -0.15) is 0 Å². The standard InChI is InChI=1S/C19H27N3O2.ClH/c1-13-6-4-9-16(18(13)19(24)22-10-2-3-11-22)21-17(23)12-14-7-5-8-15(14)20;/h4,6,9,14-15H,2-3,5,7-8,10-12,20H2,1H3,(H,21,23);1H/t14-,15+;/m0./s1. The van der Waals surface area contributed by atoms with E-state index >= 15 is 0 Å². The first-order valence-corrected chi connectivity index (χ1v) is 9.00. The number of carbonyl (C=O) groups excluding carboxylic acids is 2. The Balaban J connectivity index is 0.00000225. The second kappa shape index (κ2) is 8.68. The summed E-state index contributed by atoms with van der Waals surface area (Å²) in [5, 5.41) is 2.96. The Bertz CT molecular complexity index is 629. The van der Waals surface area contributed by atoms with Crippen LogP contribution in [-0.4, -0.2) is 35.8 Å². The molecular weight excluding hydrogens is 338 g/mol. The lowest BCUT2D eigenvalue weighted by Crippen LogP contribution is -2.31. The van der Waals surface area contributed by atoms with Gasteiger partial charge in [-0.3, -0.25) is 9.59 Å². The van der Waals surface area contributed by atoms with Gasteiger partial charge in [0.05, 0.1) is 11.3 Å². The zero-order chi connectivity index (χ0) is 17.1. The molecule has 2 fully saturated rings. The van der Waals surface area contributed by atoms with Gasteiger partial charge in [-0.05, 0) is 50.2 Å². The van der Waals surface area contributed by atoms with Crippen molar-refractivity contribution >= 4 is 29.9 Å². The van der Waals surface area contributed by atoms with Crippen molar-refractivity contribution in [2.75, 3.05) is 18.4 Å². The lowest BCUT2D eigenvalue weighted by atomic mass is 9.99. The zero-order valence-electron chi connectivity index (χ0n) is 14.8. The van der Waals surface area contributed by atoms with Crippen molar-refractivity contribution in [2.24, 2.45) is 11.7 Å². The Labute approximate surface area is 155 Å². The molecule has 1 heterocycles. The first kappa shape index (κ1) is 19.7. The Morgan fingerprint density at radius 2 is 1.92 bits per heavy atom. The van der Waals surface area contributed by atoms with Crippen molar-refractivity contribution in [3.05, 3.63) is 29.3 Å². The molecule has 1 saturated carbocycles. The van der Waals surface area contributed by atoms with Crippen molar-refractivity contribution in [3.8, 4) is 0 Å². The molecule has 138 valence electrons. The summed E-state index contributed by atoms with van der Waals surface area (Å²) in [4.78, 5) is 27.1. The van der Waals surface area contributed by atoms with Crippen LogP contribution in [0.3, 0.4) is 0 Å². The molecule has 1 saturated heterocycles. The van der Waals surface area contributed by atoms with Gasteiger partial charge in [-0.15, -0.1) is 12.4 Å². The number of nitrogens with two attached hydrogens (primary N) is 1. The van der Waals surface area contributed by atoms with Crippen LogP contribution in [0.1, 0.15) is 54.4 Å². The van der Waals surface area contributed by atoms with Crippen molar-refractivity contribution in [1.82, 2.24) is 4.90 Å². The van der Waals surface area contributed by atoms with E-state index in [0.29, 0.717) is 17.7 Å². The largest absolute Gasteiger partial charge is 0.339 e. The van der Waals surface area contributed by atoms with Crippen molar-refractivity contribution in [2.45, 2.75) is 51.5 Å². The van der Waals surface area contributed by atoms with Crippen LogP contribution in [0.5, 0.6) is 0 Å². The van der Waals surface area contributed by atoms with E-state index in [1.54, 1.807) is 0 Å². The van der Waals surface area contributed by atoms with Gasteiger partial charge in [0.25, 0.3) is 5.91 Å². The van der Waals surface area contributed by atoms with Crippen LogP contribution in [0.4, 0.5) is 5.69 Å². The number of rotatable bonds is 4. The minimum absolute atomic E-state index is 0. The third-order valence-corrected chi connectivity index (χ3v) is 5.32. The lowest BCUT2D eigenvalue weighted by molar-refractivity contribution is -0.117. The minimum Gasteiger partial charge on any atom is -0.339 e. The molecule has 0 unspecified atom stereocenters. The molecule has 0 bridgehead atoms. The molecule has 2 amide bonds. The summed E-state index contributed by atoms with van der Waals surface area (Å²) in [5.74, 6) is 0.240. The van der Waals surface area contributed by atoms with Gasteiger partial charge in [-0.1, -0.05) is 18.6 Å². The fraction of sp³-hybridized carbons (Fsp3) is 0.579. The molecule has 6 heteroatoms. The molecule has 0 spiro atoms. The van der Waals surface area contributed by atoms with E-state index in [9.17, 15) is 9.59 Å². The highest BCUT2D eigenvalue weighted by molar-refractivity contribution is 6.05. The summed E-state index contributed by atoms with van der Waals surface area (Å²) in [6.45, 7) is 3.53. The van der Waals surface area contributed by atoms with E-state index in [0.717, 1.165) is 50.8 Å². The number of hydrogen-bond acceptors (Lipinski definition) is 3. The second-order valence-electron chi connectivity index (χ2n) is 7.10. The highest BCUT2D eigenvalue weighted by Gasteiger charge is 2.27. The van der Waals surface area contributed by atoms with Gasteiger partial charge in [0.15, 0.2) is 0 Å². The van der Waals surface area contributed by atoms with E-state index in [1.807, 2.05) is 30.0 Å². The van der Waals surface area contributed by atoms with Crippen molar-refractivity contribution in [3.63, 3.8) is 0 Å². The van der Waals surface area contributed by atoms with Gasteiger partial charge < -0.3 is 16.0 Å². The number of anilines is 1. The fourth-order valence-electron chi connectivity index (χ4n) is 3.89. The molecule has 3 rings (SSSR count). The van der Waals surface area contributed by atoms with E-state index in [4.69, 9.17) is 5.73 Å². The maximum atomic E-state index is 12.8. The molecule has 1 aliphatic heterocycles. The summed E-state index contributed by atoms with van der Waals surface area (Å²) >= 11 is 0. The number of halogens is 1. The third kappa shape index (κ3) is 4.53. The Kier molecular flexibility index (Phi) is 6.85. The number of amides is 2. The number of aryl methyl sites for hydroxylation is 1. The maximum absolute atomic E-state index is 12.8. The number of benzene rings is 1. The molecule has 2 atom stereocenters. The minimum atomic E-state index is -0.0431. The van der Waals surface area contributed by atoms with Crippen LogP contribution < -0.4 is 11.1 Å². The molecule has 25 heavy (non-hydrogen) atoms. The zero-order valence-corrected chi connectivity index (χ0v) is 15.6. The first-order valence-electron chi connectivity index (χ1n) is 9.00. The fourth-order valence-corrected chi connectivity index (χ4v) is 3.89. The number of hydrogen-bond donors (Lipinski definition) is 2.